The van der Waals surface area contributed by atoms with Crippen molar-refractivity contribution in [2.75, 3.05) is 11.9 Å². The second kappa shape index (κ2) is 5.98. The Hall–Kier alpha value is -2.39. The number of ether oxygens (including phenoxy) is 1. The molecule has 96 valence electrons. The van der Waals surface area contributed by atoms with Crippen LogP contribution in [0.25, 0.3) is 0 Å². The van der Waals surface area contributed by atoms with E-state index in [0.717, 1.165) is 0 Å². The lowest BCUT2D eigenvalue weighted by molar-refractivity contribution is 0.312. The van der Waals surface area contributed by atoms with Crippen LogP contribution in [-0.2, 0) is 0 Å². The first-order valence-corrected chi connectivity index (χ1v) is 5.91. The van der Waals surface area contributed by atoms with E-state index in [-0.39, 0.29) is 17.2 Å². The second-order valence-corrected chi connectivity index (χ2v) is 3.76. The van der Waals surface area contributed by atoms with Gasteiger partial charge in [0.1, 0.15) is 6.07 Å². The summed E-state index contributed by atoms with van der Waals surface area (Å²) in [4.78, 5) is 11.8. The third-order valence-corrected chi connectivity index (χ3v) is 2.32. The normalized spacial score (nSPS) is 9.74. The van der Waals surface area contributed by atoms with Gasteiger partial charge >= 0.3 is 6.01 Å². The van der Waals surface area contributed by atoms with Crippen LogP contribution in [-0.4, -0.2) is 21.6 Å². The zero-order valence-electron chi connectivity index (χ0n) is 10.1. The fourth-order valence-corrected chi connectivity index (χ4v) is 1.54. The molecule has 0 fully saturated rings. The molecular formula is C12H10ClN5O. The van der Waals surface area contributed by atoms with Gasteiger partial charge in [0.2, 0.25) is 11.2 Å². The summed E-state index contributed by atoms with van der Waals surface area (Å²) in [6.45, 7) is 2.24. The van der Waals surface area contributed by atoms with Gasteiger partial charge in [-0.1, -0.05) is 12.1 Å². The number of hydrogen-bond acceptors (Lipinski definition) is 6. The van der Waals surface area contributed by atoms with Gasteiger partial charge in [0, 0.05) is 0 Å². The number of nitriles is 1. The van der Waals surface area contributed by atoms with Gasteiger partial charge in [-0.2, -0.15) is 20.2 Å². The molecule has 0 amide bonds. The SMILES string of the molecule is CCOc1nc(Cl)nc(Nc2ccccc2C#N)n1. The molecule has 0 saturated heterocycles. The van der Waals surface area contributed by atoms with Gasteiger partial charge in [0.25, 0.3) is 0 Å². The number of nitrogens with zero attached hydrogens (tertiary/aromatic N) is 4. The van der Waals surface area contributed by atoms with Crippen LogP contribution in [0.3, 0.4) is 0 Å². The van der Waals surface area contributed by atoms with Crippen molar-refractivity contribution in [3.63, 3.8) is 0 Å². The summed E-state index contributed by atoms with van der Waals surface area (Å²) in [5.74, 6) is 0.228. The van der Waals surface area contributed by atoms with Crippen molar-refractivity contribution in [3.05, 3.63) is 35.1 Å². The molecule has 0 atom stereocenters. The predicted octanol–water partition coefficient (Wildman–Crippen LogP) is 2.54. The molecule has 2 rings (SSSR count). The van der Waals surface area contributed by atoms with Crippen LogP contribution in [0, 0.1) is 11.3 Å². The minimum absolute atomic E-state index is 0.0235. The van der Waals surface area contributed by atoms with Crippen LogP contribution < -0.4 is 10.1 Å². The van der Waals surface area contributed by atoms with E-state index in [1.54, 1.807) is 24.3 Å². The summed E-state index contributed by atoms with van der Waals surface area (Å²) in [6.07, 6.45) is 0. The van der Waals surface area contributed by atoms with E-state index in [9.17, 15) is 0 Å². The molecule has 0 bridgehead atoms. The molecule has 1 N–H and O–H groups in total. The maximum absolute atomic E-state index is 9.00. The average Bonchev–Trinajstić information content (AvgIpc) is 2.39. The van der Waals surface area contributed by atoms with Gasteiger partial charge in [-0.3, -0.25) is 0 Å². The summed E-state index contributed by atoms with van der Waals surface area (Å²) >= 11 is 5.78. The minimum atomic E-state index is 0.0235. The Morgan fingerprint density at radius 2 is 2.11 bits per heavy atom. The summed E-state index contributed by atoms with van der Waals surface area (Å²) in [6, 6.07) is 9.22. The molecule has 0 saturated carbocycles. The lowest BCUT2D eigenvalue weighted by Crippen LogP contribution is -2.04. The number of halogens is 1. The van der Waals surface area contributed by atoms with Gasteiger partial charge < -0.3 is 10.1 Å². The van der Waals surface area contributed by atoms with Crippen LogP contribution >= 0.6 is 11.6 Å². The topological polar surface area (TPSA) is 83.7 Å². The molecule has 7 heteroatoms. The number of rotatable bonds is 4. The van der Waals surface area contributed by atoms with Gasteiger partial charge in [-0.15, -0.1) is 0 Å². The number of nitrogens with one attached hydrogen (secondary N) is 1. The third kappa shape index (κ3) is 3.30. The van der Waals surface area contributed by atoms with Crippen LogP contribution in [0.2, 0.25) is 5.28 Å². The van der Waals surface area contributed by atoms with Gasteiger partial charge in [0.15, 0.2) is 0 Å². The molecule has 1 aromatic heterocycles. The maximum atomic E-state index is 9.00. The van der Waals surface area contributed by atoms with Crippen molar-refractivity contribution in [1.29, 1.82) is 5.26 Å². The van der Waals surface area contributed by atoms with E-state index < -0.39 is 0 Å². The van der Waals surface area contributed by atoms with Crippen molar-refractivity contribution in [2.45, 2.75) is 6.92 Å². The highest BCUT2D eigenvalue weighted by Gasteiger charge is 2.08. The first-order chi connectivity index (χ1) is 9.22. The van der Waals surface area contributed by atoms with Crippen LogP contribution in [0.4, 0.5) is 11.6 Å². The van der Waals surface area contributed by atoms with Gasteiger partial charge in [-0.25, -0.2) is 0 Å². The highest BCUT2D eigenvalue weighted by atomic mass is 35.5. The Morgan fingerprint density at radius 1 is 1.32 bits per heavy atom. The van der Waals surface area contributed by atoms with Crippen molar-refractivity contribution in [2.24, 2.45) is 0 Å². The summed E-state index contributed by atoms with van der Waals surface area (Å²) in [7, 11) is 0. The largest absolute Gasteiger partial charge is 0.464 e. The molecular weight excluding hydrogens is 266 g/mol. The number of benzene rings is 1. The zero-order chi connectivity index (χ0) is 13.7. The van der Waals surface area contributed by atoms with E-state index in [2.05, 4.69) is 26.3 Å². The van der Waals surface area contributed by atoms with E-state index in [0.29, 0.717) is 17.9 Å². The Bertz CT molecular complexity index is 626. The number of aromatic nitrogens is 3. The molecule has 0 radical (unpaired) electrons. The summed E-state index contributed by atoms with van der Waals surface area (Å²) in [5.41, 5.74) is 1.08. The highest BCUT2D eigenvalue weighted by molar-refractivity contribution is 6.28. The standard InChI is InChI=1S/C12H10ClN5O/c1-2-19-12-17-10(13)16-11(18-12)15-9-6-4-3-5-8(9)7-14/h3-6H,2H2,1H3,(H,15,16,17,18). The van der Waals surface area contributed by atoms with E-state index in [1.165, 1.54) is 0 Å². The Labute approximate surface area is 115 Å². The van der Waals surface area contributed by atoms with Crippen LogP contribution in [0.1, 0.15) is 12.5 Å². The van der Waals surface area contributed by atoms with Crippen molar-refractivity contribution in [1.82, 2.24) is 15.0 Å². The average molecular weight is 276 g/mol. The number of hydrogen-bond donors (Lipinski definition) is 1. The molecule has 19 heavy (non-hydrogen) atoms. The molecule has 0 aliphatic heterocycles. The second-order valence-electron chi connectivity index (χ2n) is 3.43. The van der Waals surface area contributed by atoms with Crippen molar-refractivity contribution >= 4 is 23.2 Å². The first-order valence-electron chi connectivity index (χ1n) is 5.53. The molecule has 0 spiro atoms. The Balaban J connectivity index is 2.30. The minimum Gasteiger partial charge on any atom is -0.464 e. The lowest BCUT2D eigenvalue weighted by atomic mass is 10.2. The number of para-hydroxylation sites is 1. The first kappa shape index (κ1) is 13.1. The lowest BCUT2D eigenvalue weighted by Gasteiger charge is -2.07. The van der Waals surface area contributed by atoms with E-state index >= 15 is 0 Å². The quantitative estimate of drug-likeness (QED) is 0.923. The smallest absolute Gasteiger partial charge is 0.322 e. The maximum Gasteiger partial charge on any atom is 0.322 e. The van der Waals surface area contributed by atoms with Crippen molar-refractivity contribution in [3.8, 4) is 12.1 Å². The fraction of sp³-hybridized carbons (Fsp3) is 0.167. The Morgan fingerprint density at radius 3 is 2.84 bits per heavy atom. The van der Waals surface area contributed by atoms with Crippen LogP contribution in [0.5, 0.6) is 6.01 Å². The molecule has 1 heterocycles. The number of anilines is 2. The summed E-state index contributed by atoms with van der Waals surface area (Å²) in [5, 5.41) is 11.9. The molecule has 2 aromatic rings. The monoisotopic (exact) mass is 275 g/mol. The molecule has 0 aliphatic carbocycles. The van der Waals surface area contributed by atoms with E-state index in [1.807, 2.05) is 6.92 Å². The predicted molar refractivity (Wildman–Crippen MR) is 70.4 cm³/mol. The summed E-state index contributed by atoms with van der Waals surface area (Å²) < 4.78 is 5.17. The Kier molecular flexibility index (Phi) is 4.11. The molecule has 1 aromatic carbocycles. The fourth-order valence-electron chi connectivity index (χ4n) is 1.39. The highest BCUT2D eigenvalue weighted by Crippen LogP contribution is 2.19. The van der Waals surface area contributed by atoms with Crippen molar-refractivity contribution < 1.29 is 4.74 Å². The third-order valence-electron chi connectivity index (χ3n) is 2.16. The van der Waals surface area contributed by atoms with E-state index in [4.69, 9.17) is 21.6 Å². The van der Waals surface area contributed by atoms with Crippen LogP contribution in [0.15, 0.2) is 24.3 Å². The molecule has 6 nitrogen and oxygen atoms in total. The van der Waals surface area contributed by atoms with Gasteiger partial charge in [0.05, 0.1) is 17.9 Å². The molecule has 0 aliphatic rings. The van der Waals surface area contributed by atoms with Gasteiger partial charge in [-0.05, 0) is 30.7 Å². The zero-order valence-corrected chi connectivity index (χ0v) is 10.8. The molecule has 0 unspecified atom stereocenters.